The summed E-state index contributed by atoms with van der Waals surface area (Å²) in [5.41, 5.74) is 0. The number of thiocarbonyl (C=S) groups is 1. The molecule has 0 aliphatic carbocycles. The summed E-state index contributed by atoms with van der Waals surface area (Å²) in [4.78, 5) is 1.68. The molecule has 0 amide bonds. The molecule has 96 valence electrons. The van der Waals surface area contributed by atoms with Crippen LogP contribution < -0.4 is 10.2 Å². The predicted octanol–water partition coefficient (Wildman–Crippen LogP) is 0.499. The van der Waals surface area contributed by atoms with E-state index < -0.39 is 0 Å². The minimum Gasteiger partial charge on any atom is -0.500 e. The van der Waals surface area contributed by atoms with Gasteiger partial charge in [-0.3, -0.25) is 0 Å². The Hall–Kier alpha value is -0.390. The van der Waals surface area contributed by atoms with Crippen LogP contribution in [-0.4, -0.2) is 37.1 Å². The summed E-state index contributed by atoms with van der Waals surface area (Å²) in [7, 11) is 0. The van der Waals surface area contributed by atoms with Gasteiger partial charge in [-0.1, -0.05) is 10.9 Å². The molecule has 0 heterocycles. The highest BCUT2D eigenvalue weighted by Crippen LogP contribution is 1.71. The van der Waals surface area contributed by atoms with Gasteiger partial charge in [0.25, 0.3) is 0 Å². The zero-order valence-electron chi connectivity index (χ0n) is 10.5. The molecule has 0 atom stereocenters. The van der Waals surface area contributed by atoms with Crippen LogP contribution >= 0.6 is 12.2 Å². The molecule has 0 aliphatic heterocycles. The molecular weight excluding hydrogens is 240 g/mol. The minimum atomic E-state index is 0.377. The topological polar surface area (TPSA) is 25.7 Å². The number of ether oxygens (including phenoxy) is 1. The van der Waals surface area contributed by atoms with Crippen molar-refractivity contribution < 1.29 is 9.64 Å². The third-order valence-corrected chi connectivity index (χ3v) is 2.40. The molecule has 0 aliphatic rings. The fraction of sp³-hybridized carbons (Fsp3) is 0.727. The van der Waals surface area contributed by atoms with Gasteiger partial charge < -0.3 is 39.8 Å². The van der Waals surface area contributed by atoms with Gasteiger partial charge in [-0.25, -0.2) is 0 Å². The first-order chi connectivity index (χ1) is 7.62. The van der Waals surface area contributed by atoms with Crippen LogP contribution in [0.4, 0.5) is 0 Å². The van der Waals surface area contributed by atoms with E-state index >= 15 is 0 Å². The average Bonchev–Trinajstić information content (AvgIpc) is 2.28. The predicted molar refractivity (Wildman–Crippen MR) is 76.7 cm³/mol. The average molecular weight is 264 g/mol. The lowest BCUT2D eigenvalue weighted by Gasteiger charge is -2.10. The minimum absolute atomic E-state index is 0.377. The molecule has 0 spiro atoms. The Balaban J connectivity index is 0. The van der Waals surface area contributed by atoms with Gasteiger partial charge in [0.05, 0.1) is 25.9 Å². The standard InChI is InChI=1S/C6H15N.C5H9NOS2/c1-4-7(5-2)6-3;1-2-7-4-3-6-5(8)9/h4-6H2,1-3H3;2H,1,3-4H2,(H2,6,8,9). The molecule has 0 aromatic carbocycles. The molecule has 3 nitrogen and oxygen atoms in total. The number of hydrogen-bond acceptors (Lipinski definition) is 3. The maximum atomic E-state index is 4.78. The van der Waals surface area contributed by atoms with Crippen molar-refractivity contribution in [3.05, 3.63) is 12.8 Å². The third-order valence-electron chi connectivity index (χ3n) is 2.11. The van der Waals surface area contributed by atoms with Crippen LogP contribution in [0.3, 0.4) is 0 Å². The first kappa shape index (κ1) is 18.0. The van der Waals surface area contributed by atoms with Crippen molar-refractivity contribution in [3.63, 3.8) is 0 Å². The van der Waals surface area contributed by atoms with Crippen molar-refractivity contribution in [2.45, 2.75) is 20.8 Å². The van der Waals surface area contributed by atoms with Gasteiger partial charge in [-0.05, 0) is 20.8 Å². The van der Waals surface area contributed by atoms with Crippen molar-refractivity contribution in [3.8, 4) is 0 Å². The monoisotopic (exact) mass is 264 g/mol. The van der Waals surface area contributed by atoms with Crippen molar-refractivity contribution in [1.82, 2.24) is 5.32 Å². The lowest BCUT2D eigenvalue weighted by molar-refractivity contribution is -0.894. The molecule has 0 saturated heterocycles. The molecule has 16 heavy (non-hydrogen) atoms. The molecule has 0 fully saturated rings. The Labute approximate surface area is 111 Å². The molecule has 0 aromatic rings. The second-order valence-corrected chi connectivity index (χ2v) is 4.14. The maximum absolute atomic E-state index is 4.78. The van der Waals surface area contributed by atoms with E-state index in [9.17, 15) is 0 Å². The zero-order valence-corrected chi connectivity index (χ0v) is 12.2. The summed E-state index contributed by atoms with van der Waals surface area (Å²) >= 11 is 9.13. The van der Waals surface area contributed by atoms with E-state index in [1.54, 1.807) is 4.90 Å². The molecular formula is C11H24N2OS2. The van der Waals surface area contributed by atoms with Crippen LogP contribution in [0.2, 0.25) is 0 Å². The van der Waals surface area contributed by atoms with E-state index in [-0.39, 0.29) is 0 Å². The first-order valence-corrected chi connectivity index (χ1v) is 6.44. The Morgan fingerprint density at radius 3 is 2.12 bits per heavy atom. The summed E-state index contributed by atoms with van der Waals surface area (Å²) < 4.78 is 5.16. The van der Waals surface area contributed by atoms with Gasteiger partial charge in [-0.15, -0.1) is 0 Å². The van der Waals surface area contributed by atoms with Crippen molar-refractivity contribution in [2.75, 3.05) is 32.8 Å². The van der Waals surface area contributed by atoms with E-state index in [4.69, 9.17) is 4.74 Å². The van der Waals surface area contributed by atoms with Crippen LogP contribution in [0.1, 0.15) is 20.8 Å². The van der Waals surface area contributed by atoms with Gasteiger partial charge in [0.15, 0.2) is 0 Å². The SMILES string of the molecule is C=COCCNC(=S)[S-].CC[NH+](CC)CC. The Bertz CT molecular complexity index is 168. The van der Waals surface area contributed by atoms with E-state index in [0.717, 1.165) is 0 Å². The quantitative estimate of drug-likeness (QED) is 0.303. The van der Waals surface area contributed by atoms with E-state index in [0.29, 0.717) is 17.5 Å². The van der Waals surface area contributed by atoms with Crippen LogP contribution in [0, 0.1) is 0 Å². The lowest BCUT2D eigenvalue weighted by Crippen LogP contribution is -3.11. The maximum Gasteiger partial charge on any atom is 0.104 e. The van der Waals surface area contributed by atoms with E-state index in [2.05, 4.69) is 57.5 Å². The highest BCUT2D eigenvalue weighted by atomic mass is 32.1. The van der Waals surface area contributed by atoms with Crippen LogP contribution in [0.15, 0.2) is 12.8 Å². The molecule has 2 N–H and O–H groups in total. The number of hydrogen-bond donors (Lipinski definition) is 2. The van der Waals surface area contributed by atoms with Crippen molar-refractivity contribution in [1.29, 1.82) is 0 Å². The van der Waals surface area contributed by atoms with Gasteiger partial charge in [0, 0.05) is 6.54 Å². The van der Waals surface area contributed by atoms with Crippen molar-refractivity contribution >= 4 is 29.2 Å². The lowest BCUT2D eigenvalue weighted by atomic mass is 10.5. The number of rotatable bonds is 7. The van der Waals surface area contributed by atoms with Crippen molar-refractivity contribution in [2.24, 2.45) is 0 Å². The van der Waals surface area contributed by atoms with E-state index in [1.165, 1.54) is 25.9 Å². The molecule has 0 saturated carbocycles. The second-order valence-electron chi connectivity index (χ2n) is 3.06. The summed E-state index contributed by atoms with van der Waals surface area (Å²) in [6.45, 7) is 15.1. The largest absolute Gasteiger partial charge is 0.500 e. The molecule has 0 radical (unpaired) electrons. The third kappa shape index (κ3) is 16.1. The highest BCUT2D eigenvalue weighted by Gasteiger charge is 1.92. The highest BCUT2D eigenvalue weighted by molar-refractivity contribution is 8.00. The summed E-state index contributed by atoms with van der Waals surface area (Å²) in [6, 6.07) is 0. The molecule has 0 aromatic heterocycles. The summed E-state index contributed by atoms with van der Waals surface area (Å²) in [6.07, 6.45) is 1.38. The van der Waals surface area contributed by atoms with Gasteiger partial charge >= 0.3 is 0 Å². The first-order valence-electron chi connectivity index (χ1n) is 5.63. The Kier molecular flexibility index (Phi) is 16.4. The summed E-state index contributed by atoms with van der Waals surface area (Å²) in [5.74, 6) is 0. The van der Waals surface area contributed by atoms with Crippen LogP contribution in [0.25, 0.3) is 0 Å². The molecule has 0 rings (SSSR count). The van der Waals surface area contributed by atoms with Gasteiger partial charge in [0.1, 0.15) is 6.61 Å². The Morgan fingerprint density at radius 1 is 1.38 bits per heavy atom. The fourth-order valence-electron chi connectivity index (χ4n) is 1.05. The van der Waals surface area contributed by atoms with Gasteiger partial charge in [0.2, 0.25) is 0 Å². The molecule has 0 bridgehead atoms. The summed E-state index contributed by atoms with van der Waals surface area (Å²) in [5, 5.41) is 2.75. The van der Waals surface area contributed by atoms with Crippen LogP contribution in [0.5, 0.6) is 0 Å². The second kappa shape index (κ2) is 14.6. The number of quaternary nitrogens is 1. The smallest absolute Gasteiger partial charge is 0.104 e. The zero-order chi connectivity index (χ0) is 12.8. The van der Waals surface area contributed by atoms with Gasteiger partial charge in [-0.2, -0.15) is 0 Å². The Morgan fingerprint density at radius 2 is 1.88 bits per heavy atom. The van der Waals surface area contributed by atoms with E-state index in [1.807, 2.05) is 0 Å². The fourth-order valence-corrected chi connectivity index (χ4v) is 1.25. The van der Waals surface area contributed by atoms with Crippen LogP contribution in [-0.2, 0) is 17.4 Å². The molecule has 5 heteroatoms. The number of nitrogens with one attached hydrogen (secondary N) is 2. The normalized spacial score (nSPS) is 9.00. The molecule has 0 unspecified atom stereocenters.